The summed E-state index contributed by atoms with van der Waals surface area (Å²) >= 11 is 11.8. The predicted octanol–water partition coefficient (Wildman–Crippen LogP) is 4.98. The maximum Gasteiger partial charge on any atom is 0.224 e. The second-order valence-electron chi connectivity index (χ2n) is 5.46. The molecule has 2 rings (SSSR count). The van der Waals surface area contributed by atoms with Crippen molar-refractivity contribution in [2.45, 2.75) is 25.2 Å². The van der Waals surface area contributed by atoms with Crippen LogP contribution in [0.1, 0.15) is 30.7 Å². The van der Waals surface area contributed by atoms with Gasteiger partial charge in [0.15, 0.2) is 5.78 Å². The molecular weight excluding hydrogens is 359 g/mol. The number of hydrogen-bond acceptors (Lipinski definition) is 3. The Morgan fingerprint density at radius 3 is 2.36 bits per heavy atom. The molecule has 2 aromatic rings. The summed E-state index contributed by atoms with van der Waals surface area (Å²) in [6.07, 6.45) is 0.688. The maximum atomic E-state index is 12.3. The number of rotatable bonds is 7. The van der Waals surface area contributed by atoms with E-state index in [1.165, 1.54) is 0 Å². The van der Waals surface area contributed by atoms with E-state index in [0.717, 1.165) is 0 Å². The Bertz CT molecular complexity index is 798. The number of carbonyl (C=O) groups excluding carboxylic acids is 2. The highest BCUT2D eigenvalue weighted by Crippen LogP contribution is 2.26. The summed E-state index contributed by atoms with van der Waals surface area (Å²) in [7, 11) is 0. The summed E-state index contributed by atoms with van der Waals surface area (Å²) < 4.78 is 0. The van der Waals surface area contributed by atoms with Crippen LogP contribution in [-0.2, 0) is 9.59 Å². The highest BCUT2D eigenvalue weighted by molar-refractivity contribution is 6.31. The Balaban J connectivity index is 1.85. The standard InChI is InChI=1S/C19H16Cl2N2O2/c20-13-8-10-14(11-9-13)23-19(25)7-3-6-18(24)16(12-22)15-4-1-2-5-17(15)21/h1-2,4-5,8-11,16H,3,6-7H2,(H,23,25)/t16-/m1/s1. The first kappa shape index (κ1) is 19.0. The SMILES string of the molecule is N#C[C@@H](C(=O)CCCC(=O)Nc1ccc(Cl)cc1)c1ccccc1Cl. The number of benzene rings is 2. The summed E-state index contributed by atoms with van der Waals surface area (Å²) in [4.78, 5) is 24.2. The molecule has 6 heteroatoms. The predicted molar refractivity (Wildman–Crippen MR) is 98.7 cm³/mol. The number of carbonyl (C=O) groups is 2. The average molecular weight is 375 g/mol. The van der Waals surface area contributed by atoms with Gasteiger partial charge in [0.05, 0.1) is 6.07 Å². The van der Waals surface area contributed by atoms with Gasteiger partial charge in [-0.05, 0) is 42.3 Å². The minimum atomic E-state index is -0.909. The molecule has 1 N–H and O–H groups in total. The van der Waals surface area contributed by atoms with Gasteiger partial charge in [-0.2, -0.15) is 5.26 Å². The summed E-state index contributed by atoms with van der Waals surface area (Å²) in [5.41, 5.74) is 1.15. The largest absolute Gasteiger partial charge is 0.326 e. The fourth-order valence-electron chi connectivity index (χ4n) is 2.35. The van der Waals surface area contributed by atoms with Gasteiger partial charge >= 0.3 is 0 Å². The number of amides is 1. The number of halogens is 2. The summed E-state index contributed by atoms with van der Waals surface area (Å²) in [5.74, 6) is -1.34. The first-order chi connectivity index (χ1) is 12.0. The van der Waals surface area contributed by atoms with Crippen LogP contribution in [0.2, 0.25) is 10.0 Å². The molecule has 0 fully saturated rings. The van der Waals surface area contributed by atoms with E-state index < -0.39 is 5.92 Å². The van der Waals surface area contributed by atoms with E-state index in [4.69, 9.17) is 23.2 Å². The van der Waals surface area contributed by atoms with Gasteiger partial charge in [-0.3, -0.25) is 9.59 Å². The number of nitrogens with zero attached hydrogens (tertiary/aromatic N) is 1. The minimum Gasteiger partial charge on any atom is -0.326 e. The molecule has 128 valence electrons. The number of hydrogen-bond donors (Lipinski definition) is 1. The van der Waals surface area contributed by atoms with E-state index in [0.29, 0.717) is 27.7 Å². The van der Waals surface area contributed by atoms with Crippen LogP contribution < -0.4 is 5.32 Å². The zero-order chi connectivity index (χ0) is 18.2. The molecule has 0 aromatic heterocycles. The Morgan fingerprint density at radius 1 is 1.04 bits per heavy atom. The Morgan fingerprint density at radius 2 is 1.72 bits per heavy atom. The molecule has 4 nitrogen and oxygen atoms in total. The zero-order valence-corrected chi connectivity index (χ0v) is 14.8. The monoisotopic (exact) mass is 374 g/mol. The second kappa shape index (κ2) is 9.22. The molecule has 1 atom stereocenters. The highest BCUT2D eigenvalue weighted by atomic mass is 35.5. The van der Waals surface area contributed by atoms with Crippen LogP contribution in [0.15, 0.2) is 48.5 Å². The van der Waals surface area contributed by atoms with E-state index in [1.807, 2.05) is 6.07 Å². The van der Waals surface area contributed by atoms with E-state index in [1.54, 1.807) is 48.5 Å². The third-order valence-corrected chi connectivity index (χ3v) is 4.22. The molecule has 0 aliphatic carbocycles. The topological polar surface area (TPSA) is 70.0 Å². The first-order valence-electron chi connectivity index (χ1n) is 7.73. The van der Waals surface area contributed by atoms with Gasteiger partial charge in [-0.1, -0.05) is 41.4 Å². The number of anilines is 1. The fourth-order valence-corrected chi connectivity index (χ4v) is 2.72. The van der Waals surface area contributed by atoms with Crippen LogP contribution in [0.4, 0.5) is 5.69 Å². The molecule has 25 heavy (non-hydrogen) atoms. The average Bonchev–Trinajstić information content (AvgIpc) is 2.59. The van der Waals surface area contributed by atoms with Crippen LogP contribution in [0.3, 0.4) is 0 Å². The van der Waals surface area contributed by atoms with Crippen LogP contribution in [-0.4, -0.2) is 11.7 Å². The Kier molecular flexibility index (Phi) is 7.00. The van der Waals surface area contributed by atoms with Crippen LogP contribution >= 0.6 is 23.2 Å². The van der Waals surface area contributed by atoms with E-state index in [2.05, 4.69) is 5.32 Å². The molecule has 0 unspecified atom stereocenters. The molecule has 0 aliphatic rings. The molecule has 0 saturated carbocycles. The van der Waals surface area contributed by atoms with Crippen molar-refractivity contribution in [1.29, 1.82) is 5.26 Å². The van der Waals surface area contributed by atoms with Crippen molar-refractivity contribution in [2.24, 2.45) is 0 Å². The van der Waals surface area contributed by atoms with Crippen LogP contribution in [0.25, 0.3) is 0 Å². The van der Waals surface area contributed by atoms with Crippen molar-refractivity contribution in [3.63, 3.8) is 0 Å². The van der Waals surface area contributed by atoms with Crippen molar-refractivity contribution in [3.8, 4) is 6.07 Å². The third kappa shape index (κ3) is 5.60. The molecule has 0 spiro atoms. The molecule has 0 bridgehead atoms. The second-order valence-corrected chi connectivity index (χ2v) is 6.30. The number of nitrogens with one attached hydrogen (secondary N) is 1. The summed E-state index contributed by atoms with van der Waals surface area (Å²) in [6, 6.07) is 15.6. The lowest BCUT2D eigenvalue weighted by Gasteiger charge is -2.10. The molecule has 0 aliphatic heterocycles. The summed E-state index contributed by atoms with van der Waals surface area (Å²) in [5, 5.41) is 13.0. The number of Topliss-reactive ketones (excluding diaryl/α,β-unsaturated/α-hetero) is 1. The number of ketones is 1. The van der Waals surface area contributed by atoms with E-state index in [9.17, 15) is 14.9 Å². The normalized spacial score (nSPS) is 11.4. The van der Waals surface area contributed by atoms with Gasteiger partial charge in [0, 0.05) is 28.6 Å². The Labute approximate surface area is 156 Å². The van der Waals surface area contributed by atoms with Crippen LogP contribution in [0, 0.1) is 11.3 Å². The third-order valence-electron chi connectivity index (χ3n) is 3.62. The van der Waals surface area contributed by atoms with Gasteiger partial charge in [0.2, 0.25) is 5.91 Å². The van der Waals surface area contributed by atoms with Crippen molar-refractivity contribution < 1.29 is 9.59 Å². The quantitative estimate of drug-likeness (QED) is 0.742. The Hall–Kier alpha value is -2.35. The van der Waals surface area contributed by atoms with Gasteiger partial charge in [0.1, 0.15) is 5.92 Å². The maximum absolute atomic E-state index is 12.3. The van der Waals surface area contributed by atoms with Crippen molar-refractivity contribution >= 4 is 40.6 Å². The lowest BCUT2D eigenvalue weighted by atomic mass is 9.93. The highest BCUT2D eigenvalue weighted by Gasteiger charge is 2.22. The van der Waals surface area contributed by atoms with Gasteiger partial charge in [-0.15, -0.1) is 0 Å². The van der Waals surface area contributed by atoms with Crippen molar-refractivity contribution in [3.05, 3.63) is 64.1 Å². The molecular formula is C19H16Cl2N2O2. The van der Waals surface area contributed by atoms with Gasteiger partial charge in [0.25, 0.3) is 0 Å². The van der Waals surface area contributed by atoms with Crippen molar-refractivity contribution in [2.75, 3.05) is 5.32 Å². The van der Waals surface area contributed by atoms with Gasteiger partial charge in [-0.25, -0.2) is 0 Å². The lowest BCUT2D eigenvalue weighted by Crippen LogP contribution is -2.14. The first-order valence-corrected chi connectivity index (χ1v) is 8.49. The molecule has 2 aromatic carbocycles. The number of nitriles is 1. The smallest absolute Gasteiger partial charge is 0.224 e. The van der Waals surface area contributed by atoms with E-state index in [-0.39, 0.29) is 24.5 Å². The lowest BCUT2D eigenvalue weighted by molar-refractivity contribution is -0.119. The van der Waals surface area contributed by atoms with Gasteiger partial charge < -0.3 is 5.32 Å². The molecule has 1 amide bonds. The van der Waals surface area contributed by atoms with Crippen molar-refractivity contribution in [1.82, 2.24) is 0 Å². The van der Waals surface area contributed by atoms with Crippen LogP contribution in [0.5, 0.6) is 0 Å². The molecule has 0 radical (unpaired) electrons. The molecule has 0 saturated heterocycles. The van der Waals surface area contributed by atoms with E-state index >= 15 is 0 Å². The zero-order valence-electron chi connectivity index (χ0n) is 13.3. The fraction of sp³-hybridized carbons (Fsp3) is 0.211. The summed E-state index contributed by atoms with van der Waals surface area (Å²) in [6.45, 7) is 0. The molecule has 0 heterocycles. The minimum absolute atomic E-state index is 0.136.